The Morgan fingerprint density at radius 3 is 2.61 bits per heavy atom. The van der Waals surface area contributed by atoms with Crippen molar-refractivity contribution in [3.63, 3.8) is 0 Å². The van der Waals surface area contributed by atoms with Crippen LogP contribution in [0.2, 0.25) is 0 Å². The first-order valence-corrected chi connectivity index (χ1v) is 9.79. The van der Waals surface area contributed by atoms with Crippen LogP contribution in [0.5, 0.6) is 0 Å². The van der Waals surface area contributed by atoms with Gasteiger partial charge in [-0.05, 0) is 43.9 Å². The van der Waals surface area contributed by atoms with E-state index in [-0.39, 0.29) is 5.91 Å². The fourth-order valence-corrected chi connectivity index (χ4v) is 3.84. The van der Waals surface area contributed by atoms with Crippen LogP contribution in [0, 0.1) is 6.92 Å². The maximum absolute atomic E-state index is 13.4. The van der Waals surface area contributed by atoms with Gasteiger partial charge in [-0.3, -0.25) is 4.79 Å². The summed E-state index contributed by atoms with van der Waals surface area (Å²) < 4.78 is 1.96. The Labute approximate surface area is 166 Å². The summed E-state index contributed by atoms with van der Waals surface area (Å²) in [5.74, 6) is -0.0206. The van der Waals surface area contributed by atoms with Gasteiger partial charge in [-0.15, -0.1) is 6.58 Å². The van der Waals surface area contributed by atoms with Gasteiger partial charge in [0.2, 0.25) is 0 Å². The summed E-state index contributed by atoms with van der Waals surface area (Å²) in [6.45, 7) is 6.96. The average molecular weight is 371 g/mol. The molecular weight excluding hydrogens is 346 g/mol. The topological polar surface area (TPSA) is 38.1 Å². The molecule has 1 aromatic heterocycles. The molecule has 0 spiro atoms. The molecule has 2 aromatic carbocycles. The molecule has 142 valence electrons. The van der Waals surface area contributed by atoms with Gasteiger partial charge in [0, 0.05) is 24.3 Å². The maximum atomic E-state index is 13.4. The number of benzene rings is 2. The Hall–Kier alpha value is -3.14. The molecule has 4 rings (SSSR count). The molecule has 3 aromatic rings. The van der Waals surface area contributed by atoms with E-state index < -0.39 is 0 Å². The van der Waals surface area contributed by atoms with Crippen molar-refractivity contribution in [3.05, 3.63) is 95.3 Å². The lowest BCUT2D eigenvalue weighted by Crippen LogP contribution is -2.31. The molecule has 0 saturated heterocycles. The predicted molar refractivity (Wildman–Crippen MR) is 112 cm³/mol. The number of hydrogen-bond acceptors (Lipinski definition) is 2. The molecular formula is C24H25N3O. The van der Waals surface area contributed by atoms with Gasteiger partial charge >= 0.3 is 0 Å². The molecule has 1 aliphatic carbocycles. The van der Waals surface area contributed by atoms with Crippen LogP contribution in [0.4, 0.5) is 0 Å². The van der Waals surface area contributed by atoms with Crippen LogP contribution in [0.25, 0.3) is 5.69 Å². The number of aryl methyl sites for hydroxylation is 1. The van der Waals surface area contributed by atoms with Crippen LogP contribution in [0.1, 0.15) is 39.3 Å². The highest BCUT2D eigenvalue weighted by Gasteiger charge is 2.29. The number of aromatic nitrogens is 2. The fraction of sp³-hybridized carbons (Fsp3) is 0.250. The van der Waals surface area contributed by atoms with Crippen LogP contribution in [0.3, 0.4) is 0 Å². The molecule has 1 aliphatic rings. The van der Waals surface area contributed by atoms with Crippen LogP contribution >= 0.6 is 0 Å². The summed E-state index contributed by atoms with van der Waals surface area (Å²) in [5.41, 5.74) is 6.20. The van der Waals surface area contributed by atoms with E-state index in [1.54, 1.807) is 6.08 Å². The summed E-state index contributed by atoms with van der Waals surface area (Å²) >= 11 is 0. The van der Waals surface area contributed by atoms with Gasteiger partial charge < -0.3 is 4.90 Å². The molecule has 0 saturated carbocycles. The van der Waals surface area contributed by atoms with Gasteiger partial charge in [-0.2, -0.15) is 5.10 Å². The minimum absolute atomic E-state index is 0.0206. The second kappa shape index (κ2) is 7.85. The molecule has 0 atom stereocenters. The lowest BCUT2D eigenvalue weighted by molar-refractivity contribution is 0.0755. The first-order valence-electron chi connectivity index (χ1n) is 9.79. The third-order valence-electron chi connectivity index (χ3n) is 5.26. The Morgan fingerprint density at radius 1 is 1.14 bits per heavy atom. The Bertz CT molecular complexity index is 987. The fourth-order valence-electron chi connectivity index (χ4n) is 3.84. The van der Waals surface area contributed by atoms with E-state index in [9.17, 15) is 4.79 Å². The van der Waals surface area contributed by atoms with E-state index in [1.165, 1.54) is 11.3 Å². The molecule has 1 heterocycles. The number of hydrogen-bond donors (Lipinski definition) is 0. The van der Waals surface area contributed by atoms with Crippen molar-refractivity contribution in [2.45, 2.75) is 32.7 Å². The smallest absolute Gasteiger partial charge is 0.275 e. The molecule has 0 unspecified atom stereocenters. The molecule has 0 aliphatic heterocycles. The SMILES string of the molecule is C=CCN(Cc1ccccc1)C(=O)c1nn(-c2ccc(C)cc2)c2c1CCC2. The zero-order chi connectivity index (χ0) is 19.5. The number of carbonyl (C=O) groups excluding carboxylic acids is 1. The van der Waals surface area contributed by atoms with Gasteiger partial charge in [0.25, 0.3) is 5.91 Å². The molecule has 28 heavy (non-hydrogen) atoms. The Morgan fingerprint density at radius 2 is 1.89 bits per heavy atom. The summed E-state index contributed by atoms with van der Waals surface area (Å²) in [6.07, 6.45) is 4.72. The minimum atomic E-state index is -0.0206. The van der Waals surface area contributed by atoms with Gasteiger partial charge in [0.1, 0.15) is 0 Å². The van der Waals surface area contributed by atoms with Crippen LogP contribution in [0.15, 0.2) is 67.3 Å². The van der Waals surface area contributed by atoms with Gasteiger partial charge in [0.15, 0.2) is 5.69 Å². The van der Waals surface area contributed by atoms with E-state index in [1.807, 2.05) is 39.9 Å². The molecule has 0 N–H and O–H groups in total. The van der Waals surface area contributed by atoms with Gasteiger partial charge in [-0.1, -0.05) is 54.1 Å². The van der Waals surface area contributed by atoms with Crippen molar-refractivity contribution in [3.8, 4) is 5.69 Å². The number of carbonyl (C=O) groups is 1. The molecule has 0 bridgehead atoms. The zero-order valence-corrected chi connectivity index (χ0v) is 16.3. The standard InChI is InChI=1S/C24H25N3O/c1-3-16-26(17-19-8-5-4-6-9-19)24(28)23-21-10-7-11-22(21)27(25-23)20-14-12-18(2)13-15-20/h3-6,8-9,12-15H,1,7,10-11,16-17H2,2H3. The summed E-state index contributed by atoms with van der Waals surface area (Å²) in [6, 6.07) is 18.4. The monoisotopic (exact) mass is 371 g/mol. The number of amides is 1. The van der Waals surface area contributed by atoms with Crippen LogP contribution in [-0.4, -0.2) is 27.1 Å². The normalized spacial score (nSPS) is 12.6. The van der Waals surface area contributed by atoms with E-state index in [2.05, 4.69) is 37.8 Å². The van der Waals surface area contributed by atoms with Crippen LogP contribution < -0.4 is 0 Å². The van der Waals surface area contributed by atoms with Crippen molar-refractivity contribution in [1.29, 1.82) is 0 Å². The molecule has 0 radical (unpaired) electrons. The van der Waals surface area contributed by atoms with Crippen molar-refractivity contribution in [2.24, 2.45) is 0 Å². The first-order chi connectivity index (χ1) is 13.7. The van der Waals surface area contributed by atoms with E-state index in [0.29, 0.717) is 18.8 Å². The molecule has 4 nitrogen and oxygen atoms in total. The van der Waals surface area contributed by atoms with Gasteiger partial charge in [-0.25, -0.2) is 4.68 Å². The number of fused-ring (bicyclic) bond motifs is 1. The van der Waals surface area contributed by atoms with E-state index in [0.717, 1.165) is 36.1 Å². The zero-order valence-electron chi connectivity index (χ0n) is 16.3. The van der Waals surface area contributed by atoms with Crippen molar-refractivity contribution in [2.75, 3.05) is 6.54 Å². The highest BCUT2D eigenvalue weighted by atomic mass is 16.2. The third-order valence-corrected chi connectivity index (χ3v) is 5.26. The van der Waals surface area contributed by atoms with Gasteiger partial charge in [0.05, 0.1) is 5.69 Å². The molecule has 1 amide bonds. The molecule has 4 heteroatoms. The van der Waals surface area contributed by atoms with Crippen molar-refractivity contribution in [1.82, 2.24) is 14.7 Å². The minimum Gasteiger partial charge on any atom is -0.329 e. The third kappa shape index (κ3) is 3.50. The summed E-state index contributed by atoms with van der Waals surface area (Å²) in [5, 5.41) is 4.77. The highest BCUT2D eigenvalue weighted by molar-refractivity contribution is 5.94. The number of rotatable bonds is 6. The average Bonchev–Trinajstić information content (AvgIpc) is 3.31. The lowest BCUT2D eigenvalue weighted by atomic mass is 10.1. The second-order valence-electron chi connectivity index (χ2n) is 7.33. The first kappa shape index (κ1) is 18.2. The second-order valence-corrected chi connectivity index (χ2v) is 7.33. The highest BCUT2D eigenvalue weighted by Crippen LogP contribution is 2.29. The van der Waals surface area contributed by atoms with E-state index >= 15 is 0 Å². The largest absolute Gasteiger partial charge is 0.329 e. The quantitative estimate of drug-likeness (QED) is 0.599. The molecule has 0 fully saturated rings. The maximum Gasteiger partial charge on any atom is 0.275 e. The van der Waals surface area contributed by atoms with Crippen LogP contribution in [-0.2, 0) is 19.4 Å². The van der Waals surface area contributed by atoms with Crippen molar-refractivity contribution < 1.29 is 4.79 Å². The summed E-state index contributed by atoms with van der Waals surface area (Å²) in [4.78, 5) is 15.2. The Balaban J connectivity index is 1.69. The predicted octanol–water partition coefficient (Wildman–Crippen LogP) is 4.50. The lowest BCUT2D eigenvalue weighted by Gasteiger charge is -2.20. The number of nitrogens with zero attached hydrogens (tertiary/aromatic N) is 3. The Kier molecular flexibility index (Phi) is 5.11. The summed E-state index contributed by atoms with van der Waals surface area (Å²) in [7, 11) is 0. The van der Waals surface area contributed by atoms with Crippen molar-refractivity contribution >= 4 is 5.91 Å². The van der Waals surface area contributed by atoms with E-state index in [4.69, 9.17) is 5.10 Å².